The van der Waals surface area contributed by atoms with Crippen LogP contribution < -0.4 is 5.73 Å². The van der Waals surface area contributed by atoms with Gasteiger partial charge >= 0.3 is 0 Å². The first-order valence-electron chi connectivity index (χ1n) is 4.19. The molecule has 0 radical (unpaired) electrons. The highest BCUT2D eigenvalue weighted by molar-refractivity contribution is 4.43. The lowest BCUT2D eigenvalue weighted by atomic mass is 10.4. The number of ether oxygens (including phenoxy) is 1. The van der Waals surface area contributed by atoms with E-state index in [1.807, 2.05) is 20.8 Å². The minimum Gasteiger partial charge on any atom is -0.381 e. The average molecular weight is 149 g/mol. The van der Waals surface area contributed by atoms with Gasteiger partial charge in [0.1, 0.15) is 0 Å². The molecule has 1 fully saturated rings. The molecule has 1 aliphatic heterocycles. The first-order valence-corrected chi connectivity index (χ1v) is 4.19. The molecule has 0 aromatic rings. The highest BCUT2D eigenvalue weighted by Crippen LogP contribution is 1.98. The van der Waals surface area contributed by atoms with E-state index in [0.29, 0.717) is 0 Å². The van der Waals surface area contributed by atoms with Gasteiger partial charge in [-0.3, -0.25) is 0 Å². The summed E-state index contributed by atoms with van der Waals surface area (Å²) in [7, 11) is 0. The van der Waals surface area contributed by atoms with Crippen molar-refractivity contribution in [1.82, 2.24) is 0 Å². The molecule has 2 N–H and O–H groups in total. The van der Waals surface area contributed by atoms with E-state index in [1.165, 1.54) is 12.8 Å². The van der Waals surface area contributed by atoms with Crippen LogP contribution in [0.1, 0.15) is 35.0 Å². The van der Waals surface area contributed by atoms with Gasteiger partial charge in [-0.2, -0.15) is 0 Å². The maximum atomic E-state index is 4.94. The molecule has 2 nitrogen and oxygen atoms in total. The van der Waals surface area contributed by atoms with Gasteiger partial charge in [0, 0.05) is 14.6 Å². The molecular formula is C8H23NO. The zero-order valence-electron chi connectivity index (χ0n) is 7.52. The monoisotopic (exact) mass is 149 g/mol. The van der Waals surface area contributed by atoms with Crippen LogP contribution in [0.3, 0.4) is 0 Å². The fourth-order valence-electron chi connectivity index (χ4n) is 0.510. The van der Waals surface area contributed by atoms with Gasteiger partial charge in [-0.15, -0.1) is 0 Å². The Hall–Kier alpha value is -0.0800. The van der Waals surface area contributed by atoms with Gasteiger partial charge in [0.2, 0.25) is 0 Å². The maximum Gasteiger partial charge on any atom is 0.0466 e. The van der Waals surface area contributed by atoms with Crippen molar-refractivity contribution in [2.45, 2.75) is 33.6 Å². The van der Waals surface area contributed by atoms with Crippen molar-refractivity contribution >= 4 is 0 Å². The second-order valence-electron chi connectivity index (χ2n) is 1.73. The van der Waals surface area contributed by atoms with E-state index in [0.717, 1.165) is 19.8 Å². The van der Waals surface area contributed by atoms with E-state index in [1.54, 1.807) is 0 Å². The Morgan fingerprint density at radius 3 is 1.70 bits per heavy atom. The molecule has 0 saturated carbocycles. The van der Waals surface area contributed by atoms with E-state index < -0.39 is 0 Å². The van der Waals surface area contributed by atoms with Crippen molar-refractivity contribution < 1.29 is 6.16 Å². The Balaban J connectivity index is -0.0000000956. The molecule has 0 aliphatic carbocycles. The van der Waals surface area contributed by atoms with Crippen LogP contribution in [0.25, 0.3) is 0 Å². The van der Waals surface area contributed by atoms with Gasteiger partial charge in [-0.1, -0.05) is 20.8 Å². The van der Waals surface area contributed by atoms with Crippen LogP contribution in [0, 0.1) is 0 Å². The summed E-state index contributed by atoms with van der Waals surface area (Å²) in [5.74, 6) is 0. The lowest BCUT2D eigenvalue weighted by Crippen LogP contribution is -1.87. The summed E-state index contributed by atoms with van der Waals surface area (Å²) in [6.45, 7) is 8.65. The van der Waals surface area contributed by atoms with Gasteiger partial charge in [-0.05, 0) is 19.4 Å². The summed E-state index contributed by atoms with van der Waals surface area (Å²) in [6.07, 6.45) is 2.56. The van der Waals surface area contributed by atoms with Crippen LogP contribution in [0.5, 0.6) is 0 Å². The zero-order chi connectivity index (χ0) is 8.24. The molecule has 0 unspecified atom stereocenters. The molecular weight excluding hydrogens is 126 g/mol. The van der Waals surface area contributed by atoms with Crippen molar-refractivity contribution in [3.05, 3.63) is 0 Å². The van der Waals surface area contributed by atoms with Gasteiger partial charge in [0.25, 0.3) is 0 Å². The molecule has 1 heterocycles. The van der Waals surface area contributed by atoms with Crippen LogP contribution in [-0.4, -0.2) is 19.8 Å². The molecule has 0 atom stereocenters. The molecule has 0 bridgehead atoms. The van der Waals surface area contributed by atoms with E-state index in [-0.39, 0.29) is 1.43 Å². The lowest BCUT2D eigenvalue weighted by molar-refractivity contribution is 0.198. The first kappa shape index (κ1) is 12.6. The fraction of sp³-hybridized carbons (Fsp3) is 1.00. The third kappa shape index (κ3) is 15.7. The molecule has 1 saturated heterocycles. The first-order chi connectivity index (χ1) is 4.91. The number of rotatable bonds is 0. The van der Waals surface area contributed by atoms with Crippen molar-refractivity contribution in [1.29, 1.82) is 0 Å². The number of nitrogens with two attached hydrogens (primary N) is 1. The predicted molar refractivity (Wildman–Crippen MR) is 48.2 cm³/mol. The predicted octanol–water partition coefficient (Wildman–Crippen LogP) is 2.03. The van der Waals surface area contributed by atoms with Gasteiger partial charge in [0.05, 0.1) is 0 Å². The summed E-state index contributed by atoms with van der Waals surface area (Å²) in [4.78, 5) is 0. The van der Waals surface area contributed by atoms with E-state index >= 15 is 0 Å². The summed E-state index contributed by atoms with van der Waals surface area (Å²) < 4.78 is 4.94. The lowest BCUT2D eigenvalue weighted by Gasteiger charge is -1.76. The average Bonchev–Trinajstić information content (AvgIpc) is 2.48. The minimum atomic E-state index is 0. The van der Waals surface area contributed by atoms with E-state index in [4.69, 9.17) is 10.5 Å². The quantitative estimate of drug-likeness (QED) is 0.572. The van der Waals surface area contributed by atoms with Crippen molar-refractivity contribution in [3.8, 4) is 0 Å². The van der Waals surface area contributed by atoms with Crippen LogP contribution >= 0.6 is 0 Å². The maximum absolute atomic E-state index is 4.94. The molecule has 0 amide bonds. The van der Waals surface area contributed by atoms with Crippen LogP contribution in [0.4, 0.5) is 0 Å². The van der Waals surface area contributed by atoms with Crippen molar-refractivity contribution in [2.24, 2.45) is 5.73 Å². The summed E-state index contributed by atoms with van der Waals surface area (Å²) in [5.41, 5.74) is 4.85. The Kier molecular flexibility index (Phi) is 20.1. The smallest absolute Gasteiger partial charge is 0.0466 e. The molecule has 0 aromatic carbocycles. The van der Waals surface area contributed by atoms with Crippen LogP contribution in [0.2, 0.25) is 0 Å². The Bertz CT molecular complexity index is 33.5. The molecule has 1 aliphatic rings. The Morgan fingerprint density at radius 2 is 1.60 bits per heavy atom. The summed E-state index contributed by atoms with van der Waals surface area (Å²) in [5, 5.41) is 0. The standard InChI is InChI=1S/C4H8O.C2H7N.C2H6.H2/c1-2-4-5-3-1;1-2-3;1-2;/h1-4H2;2-3H2,1H3;1-2H3;1H. The highest BCUT2D eigenvalue weighted by atomic mass is 16.5. The Labute approximate surface area is 66.2 Å². The molecule has 1 rings (SSSR count). The number of hydrogen-bond donors (Lipinski definition) is 1. The second kappa shape index (κ2) is 16.0. The molecule has 10 heavy (non-hydrogen) atoms. The van der Waals surface area contributed by atoms with E-state index in [2.05, 4.69) is 0 Å². The van der Waals surface area contributed by atoms with Crippen LogP contribution in [0.15, 0.2) is 0 Å². The van der Waals surface area contributed by atoms with Gasteiger partial charge < -0.3 is 10.5 Å². The van der Waals surface area contributed by atoms with Crippen LogP contribution in [-0.2, 0) is 4.74 Å². The zero-order valence-corrected chi connectivity index (χ0v) is 7.52. The highest BCUT2D eigenvalue weighted by Gasteiger charge is 1.94. The molecule has 0 spiro atoms. The normalized spacial score (nSPS) is 14.4. The fourth-order valence-corrected chi connectivity index (χ4v) is 0.510. The second-order valence-corrected chi connectivity index (χ2v) is 1.73. The van der Waals surface area contributed by atoms with Crippen molar-refractivity contribution in [3.63, 3.8) is 0 Å². The Morgan fingerprint density at radius 1 is 1.30 bits per heavy atom. The van der Waals surface area contributed by atoms with Crippen molar-refractivity contribution in [2.75, 3.05) is 19.8 Å². The molecule has 2 heteroatoms. The third-order valence-corrected chi connectivity index (χ3v) is 0.827. The topological polar surface area (TPSA) is 35.2 Å². The third-order valence-electron chi connectivity index (χ3n) is 0.827. The molecule has 0 aromatic heterocycles. The summed E-state index contributed by atoms with van der Waals surface area (Å²) >= 11 is 0. The summed E-state index contributed by atoms with van der Waals surface area (Å²) in [6, 6.07) is 0. The number of hydrogen-bond acceptors (Lipinski definition) is 2. The molecule has 66 valence electrons. The van der Waals surface area contributed by atoms with E-state index in [9.17, 15) is 0 Å². The minimum absolute atomic E-state index is 0. The van der Waals surface area contributed by atoms with Gasteiger partial charge in [-0.25, -0.2) is 0 Å². The van der Waals surface area contributed by atoms with Gasteiger partial charge in [0.15, 0.2) is 0 Å². The largest absolute Gasteiger partial charge is 0.381 e. The SMILES string of the molecule is C1CCOC1.CC.CCN.[HH].